The summed E-state index contributed by atoms with van der Waals surface area (Å²) in [5, 5.41) is 0. The molecule has 1 aliphatic rings. The summed E-state index contributed by atoms with van der Waals surface area (Å²) >= 11 is 3.16. The summed E-state index contributed by atoms with van der Waals surface area (Å²) in [6.07, 6.45) is -0.474. The lowest BCUT2D eigenvalue weighted by Gasteiger charge is -2.02. The van der Waals surface area contributed by atoms with Crippen molar-refractivity contribution < 1.29 is 22.1 Å². The van der Waals surface area contributed by atoms with Crippen LogP contribution in [-0.2, 0) is 24.5 Å². The number of halogens is 1. The first-order valence-electron chi connectivity index (χ1n) is 2.73. The topological polar surface area (TPSA) is 61.8 Å². The summed E-state index contributed by atoms with van der Waals surface area (Å²) in [5.74, 6) is 0. The number of ether oxygens (including phenoxy) is 1. The van der Waals surface area contributed by atoms with Gasteiger partial charge in [-0.05, 0) is 0 Å². The Kier molecular flexibility index (Phi) is 3.25. The van der Waals surface area contributed by atoms with Gasteiger partial charge in [0.15, 0.2) is 0 Å². The molecule has 11 heavy (non-hydrogen) atoms. The molecule has 1 heterocycles. The Morgan fingerprint density at radius 3 is 3.00 bits per heavy atom. The molecule has 0 N–H and O–H groups in total. The molecule has 1 fully saturated rings. The third kappa shape index (κ3) is 3.15. The van der Waals surface area contributed by atoms with Crippen molar-refractivity contribution in [3.63, 3.8) is 0 Å². The van der Waals surface area contributed by atoms with E-state index in [0.29, 0.717) is 0 Å². The highest BCUT2D eigenvalue weighted by molar-refractivity contribution is 7.75. The quantitative estimate of drug-likeness (QED) is 0.602. The molecule has 1 aliphatic heterocycles. The zero-order valence-corrected chi connectivity index (χ0v) is 6.89. The van der Waals surface area contributed by atoms with E-state index in [0.717, 1.165) is 0 Å². The molecule has 0 aromatic carbocycles. The highest BCUT2D eigenvalue weighted by atomic mass is 35.5. The van der Waals surface area contributed by atoms with Crippen molar-refractivity contribution in [2.45, 2.75) is 6.10 Å². The van der Waals surface area contributed by atoms with Crippen LogP contribution in [0.1, 0.15) is 0 Å². The van der Waals surface area contributed by atoms with Crippen molar-refractivity contribution >= 4 is 28.4 Å². The monoisotopic (exact) mass is 200 g/mol. The van der Waals surface area contributed by atoms with Gasteiger partial charge in [-0.25, -0.2) is 4.79 Å². The van der Waals surface area contributed by atoms with Crippen LogP contribution in [0.2, 0.25) is 0 Å². The summed E-state index contributed by atoms with van der Waals surface area (Å²) in [6.45, 7) is 0.116. The van der Waals surface area contributed by atoms with Gasteiger partial charge < -0.3 is 4.74 Å². The Morgan fingerprint density at radius 2 is 2.55 bits per heavy atom. The van der Waals surface area contributed by atoms with Crippen LogP contribution < -0.4 is 0 Å². The first kappa shape index (κ1) is 8.92. The molecule has 1 saturated heterocycles. The van der Waals surface area contributed by atoms with E-state index in [1.54, 1.807) is 0 Å². The smallest absolute Gasteiger partial charge is 0.403 e. The molecular formula is C4H5ClO5S. The molecular weight excluding hydrogens is 196 g/mol. The van der Waals surface area contributed by atoms with E-state index >= 15 is 0 Å². The van der Waals surface area contributed by atoms with E-state index in [1.807, 2.05) is 0 Å². The van der Waals surface area contributed by atoms with Gasteiger partial charge in [-0.1, -0.05) is 0 Å². The van der Waals surface area contributed by atoms with Gasteiger partial charge >= 0.3 is 16.8 Å². The fourth-order valence-electron chi connectivity index (χ4n) is 0.532. The van der Waals surface area contributed by atoms with E-state index in [-0.39, 0.29) is 13.2 Å². The molecule has 0 amide bonds. The number of carbonyl (C=O) groups excluding carboxylic acids is 1. The molecule has 64 valence electrons. The van der Waals surface area contributed by atoms with Crippen LogP contribution in [0.3, 0.4) is 0 Å². The SMILES string of the molecule is O=C(Cl)OCC1COS(=O)O1. The first-order chi connectivity index (χ1) is 5.18. The fourth-order valence-corrected chi connectivity index (χ4v) is 1.25. The van der Waals surface area contributed by atoms with Gasteiger partial charge in [0.2, 0.25) is 0 Å². The van der Waals surface area contributed by atoms with Crippen molar-refractivity contribution in [3.8, 4) is 0 Å². The highest BCUT2D eigenvalue weighted by Crippen LogP contribution is 2.09. The van der Waals surface area contributed by atoms with E-state index in [4.69, 9.17) is 11.6 Å². The van der Waals surface area contributed by atoms with E-state index in [9.17, 15) is 9.00 Å². The van der Waals surface area contributed by atoms with Gasteiger partial charge in [0.25, 0.3) is 0 Å². The number of rotatable bonds is 2. The Hall–Kier alpha value is -0.170. The minimum absolute atomic E-state index is 0.0337. The minimum atomic E-state index is -1.70. The second-order valence-electron chi connectivity index (χ2n) is 1.76. The van der Waals surface area contributed by atoms with Crippen LogP contribution in [0.15, 0.2) is 0 Å². The first-order valence-corrected chi connectivity index (χ1v) is 4.10. The maximum atomic E-state index is 10.4. The van der Waals surface area contributed by atoms with Crippen LogP contribution in [0.4, 0.5) is 4.79 Å². The van der Waals surface area contributed by atoms with Crippen molar-refractivity contribution in [3.05, 3.63) is 0 Å². The molecule has 0 spiro atoms. The molecule has 5 nitrogen and oxygen atoms in total. The summed E-state index contributed by atoms with van der Waals surface area (Å²) in [7, 11) is 0. The fraction of sp³-hybridized carbons (Fsp3) is 0.750. The highest BCUT2D eigenvalue weighted by Gasteiger charge is 2.24. The van der Waals surface area contributed by atoms with E-state index < -0.39 is 22.9 Å². The maximum Gasteiger partial charge on any atom is 0.403 e. The zero-order chi connectivity index (χ0) is 8.27. The van der Waals surface area contributed by atoms with E-state index in [1.165, 1.54) is 0 Å². The predicted octanol–water partition coefficient (Wildman–Crippen LogP) is 0.356. The minimum Gasteiger partial charge on any atom is -0.451 e. The van der Waals surface area contributed by atoms with Crippen LogP contribution >= 0.6 is 11.6 Å². The van der Waals surface area contributed by atoms with Crippen molar-refractivity contribution in [2.24, 2.45) is 0 Å². The molecule has 7 heteroatoms. The second kappa shape index (κ2) is 4.01. The predicted molar refractivity (Wildman–Crippen MR) is 36.2 cm³/mol. The molecule has 2 unspecified atom stereocenters. The number of carbonyl (C=O) groups is 1. The van der Waals surface area contributed by atoms with Crippen molar-refractivity contribution in [1.82, 2.24) is 0 Å². The third-order valence-electron chi connectivity index (χ3n) is 0.948. The molecule has 0 saturated carbocycles. The van der Waals surface area contributed by atoms with Gasteiger partial charge in [-0.15, -0.1) is 0 Å². The molecule has 2 atom stereocenters. The standard InChI is InChI=1S/C4H5ClO5S/c5-4(6)8-1-3-2-9-11(7)10-3/h3H,1-2H2. The normalized spacial score (nSPS) is 30.3. The van der Waals surface area contributed by atoms with Crippen molar-refractivity contribution in [2.75, 3.05) is 13.2 Å². The lowest BCUT2D eigenvalue weighted by molar-refractivity contribution is 0.110. The summed E-state index contributed by atoms with van der Waals surface area (Å²) in [4.78, 5) is 10.1. The Balaban J connectivity index is 2.18. The second-order valence-corrected chi connectivity index (χ2v) is 2.90. The summed E-state index contributed by atoms with van der Waals surface area (Å²) in [6, 6.07) is 0. The van der Waals surface area contributed by atoms with Gasteiger partial charge in [0.05, 0.1) is 6.61 Å². The maximum absolute atomic E-state index is 10.4. The Bertz CT molecular complexity index is 183. The van der Waals surface area contributed by atoms with Crippen molar-refractivity contribution in [1.29, 1.82) is 0 Å². The van der Waals surface area contributed by atoms with Gasteiger partial charge in [0.1, 0.15) is 12.7 Å². The molecule has 0 aliphatic carbocycles. The number of hydrogen-bond donors (Lipinski definition) is 0. The molecule has 0 radical (unpaired) electrons. The van der Waals surface area contributed by atoms with E-state index in [2.05, 4.69) is 13.1 Å². The molecule has 0 aromatic rings. The van der Waals surface area contributed by atoms with Gasteiger partial charge in [-0.2, -0.15) is 4.21 Å². The largest absolute Gasteiger partial charge is 0.451 e. The lowest BCUT2D eigenvalue weighted by Crippen LogP contribution is -2.18. The van der Waals surface area contributed by atoms with Gasteiger partial charge in [-0.3, -0.25) is 8.37 Å². The Morgan fingerprint density at radius 1 is 1.82 bits per heavy atom. The number of hydrogen-bond acceptors (Lipinski definition) is 5. The van der Waals surface area contributed by atoms with Gasteiger partial charge in [0, 0.05) is 11.6 Å². The third-order valence-corrected chi connectivity index (χ3v) is 1.81. The van der Waals surface area contributed by atoms with Crippen LogP contribution in [0.25, 0.3) is 0 Å². The van der Waals surface area contributed by atoms with Crippen LogP contribution in [0, 0.1) is 0 Å². The lowest BCUT2D eigenvalue weighted by atomic mass is 10.4. The van der Waals surface area contributed by atoms with Crippen LogP contribution in [-0.4, -0.2) is 29.0 Å². The Labute approximate surface area is 70.4 Å². The average molecular weight is 201 g/mol. The van der Waals surface area contributed by atoms with Crippen LogP contribution in [0.5, 0.6) is 0 Å². The molecule has 1 rings (SSSR count). The molecule has 0 bridgehead atoms. The summed E-state index contributed by atoms with van der Waals surface area (Å²) in [5.41, 5.74) is -0.911. The average Bonchev–Trinajstić information content (AvgIpc) is 2.31. The zero-order valence-electron chi connectivity index (χ0n) is 5.32. The molecule has 0 aromatic heterocycles. The summed E-state index contributed by atoms with van der Waals surface area (Å²) < 4.78 is 23.9.